The van der Waals surface area contributed by atoms with Crippen molar-refractivity contribution in [2.75, 3.05) is 12.8 Å². The van der Waals surface area contributed by atoms with Crippen molar-refractivity contribution in [3.63, 3.8) is 0 Å². The molecule has 6 heteroatoms. The molecule has 2 aromatic rings. The van der Waals surface area contributed by atoms with Crippen LogP contribution in [0.4, 0.5) is 5.82 Å². The lowest BCUT2D eigenvalue weighted by molar-refractivity contribution is 0.415. The summed E-state index contributed by atoms with van der Waals surface area (Å²) in [4.78, 5) is 3.95. The van der Waals surface area contributed by atoms with E-state index in [1.165, 1.54) is 6.20 Å². The van der Waals surface area contributed by atoms with E-state index in [4.69, 9.17) is 20.5 Å². The maximum atomic E-state index is 9.14. The quantitative estimate of drug-likeness (QED) is 0.662. The predicted molar refractivity (Wildman–Crippen MR) is 70.5 cm³/mol. The molecule has 0 bridgehead atoms. The molecule has 92 valence electrons. The Balaban J connectivity index is 2.51. The van der Waals surface area contributed by atoms with E-state index < -0.39 is 7.12 Å². The molecule has 4 N–H and O–H groups in total. The zero-order valence-corrected chi connectivity index (χ0v) is 9.87. The van der Waals surface area contributed by atoms with Crippen LogP contribution in [-0.4, -0.2) is 29.3 Å². The number of pyridine rings is 1. The molecule has 0 fully saturated rings. The average molecular weight is 244 g/mol. The summed E-state index contributed by atoms with van der Waals surface area (Å²) in [7, 11) is 0.0108. The van der Waals surface area contributed by atoms with Gasteiger partial charge < -0.3 is 20.5 Å². The highest BCUT2D eigenvalue weighted by atomic mass is 16.5. The van der Waals surface area contributed by atoms with Gasteiger partial charge in [-0.1, -0.05) is 12.1 Å². The van der Waals surface area contributed by atoms with E-state index in [0.717, 1.165) is 5.56 Å². The van der Waals surface area contributed by atoms with Crippen LogP contribution in [0, 0.1) is 0 Å². The molecule has 0 spiro atoms. The number of rotatable bonds is 3. The minimum Gasteiger partial charge on any atom is -0.497 e. The van der Waals surface area contributed by atoms with Gasteiger partial charge in [-0.15, -0.1) is 0 Å². The predicted octanol–water partition coefficient (Wildman–Crippen LogP) is 0.0192. The van der Waals surface area contributed by atoms with Gasteiger partial charge in [0, 0.05) is 17.2 Å². The molecule has 5 nitrogen and oxygen atoms in total. The Bertz CT molecular complexity index is 561. The minimum atomic E-state index is -1.57. The third kappa shape index (κ3) is 2.44. The molecule has 2 rings (SSSR count). The summed E-state index contributed by atoms with van der Waals surface area (Å²) in [5.74, 6) is 1.02. The fourth-order valence-electron chi connectivity index (χ4n) is 1.65. The molecule has 0 amide bonds. The van der Waals surface area contributed by atoms with Crippen molar-refractivity contribution in [1.82, 2.24) is 4.98 Å². The molecule has 1 aromatic carbocycles. The number of benzene rings is 1. The Hall–Kier alpha value is -2.05. The highest BCUT2D eigenvalue weighted by Gasteiger charge is 2.14. The Kier molecular flexibility index (Phi) is 3.50. The molecule has 0 aliphatic carbocycles. The van der Waals surface area contributed by atoms with Crippen molar-refractivity contribution in [3.8, 4) is 16.9 Å². The normalized spacial score (nSPS) is 10.2. The lowest BCUT2D eigenvalue weighted by Gasteiger charge is -2.09. The topological polar surface area (TPSA) is 88.6 Å². The highest BCUT2D eigenvalue weighted by Crippen LogP contribution is 2.26. The molecule has 0 atom stereocenters. The van der Waals surface area contributed by atoms with Gasteiger partial charge in [0.15, 0.2) is 0 Å². The second-order valence-electron chi connectivity index (χ2n) is 3.81. The number of aromatic nitrogens is 1. The number of ether oxygens (including phenoxy) is 1. The zero-order chi connectivity index (χ0) is 13.1. The summed E-state index contributed by atoms with van der Waals surface area (Å²) in [6.45, 7) is 0. The average Bonchev–Trinajstić information content (AvgIpc) is 2.39. The van der Waals surface area contributed by atoms with Crippen LogP contribution in [0.3, 0.4) is 0 Å². The molecule has 0 unspecified atom stereocenters. The summed E-state index contributed by atoms with van der Waals surface area (Å²) < 4.78 is 5.13. The highest BCUT2D eigenvalue weighted by molar-refractivity contribution is 6.58. The fraction of sp³-hybridized carbons (Fsp3) is 0.0833. The van der Waals surface area contributed by atoms with E-state index in [9.17, 15) is 0 Å². The Labute approximate surface area is 105 Å². The van der Waals surface area contributed by atoms with Crippen molar-refractivity contribution >= 4 is 18.4 Å². The summed E-state index contributed by atoms with van der Waals surface area (Å²) in [6.07, 6.45) is 1.34. The smallest absolute Gasteiger partial charge is 0.490 e. The molecular weight excluding hydrogens is 231 g/mol. The minimum absolute atomic E-state index is 0.294. The number of nitrogens with zero attached hydrogens (tertiary/aromatic N) is 1. The van der Waals surface area contributed by atoms with Gasteiger partial charge >= 0.3 is 7.12 Å². The van der Waals surface area contributed by atoms with Gasteiger partial charge in [0.1, 0.15) is 11.6 Å². The van der Waals surface area contributed by atoms with Crippen LogP contribution in [0.1, 0.15) is 0 Å². The second-order valence-corrected chi connectivity index (χ2v) is 3.81. The number of hydrogen-bond donors (Lipinski definition) is 3. The summed E-state index contributed by atoms with van der Waals surface area (Å²) in [5.41, 5.74) is 7.54. The zero-order valence-electron chi connectivity index (χ0n) is 9.87. The number of anilines is 1. The van der Waals surface area contributed by atoms with Gasteiger partial charge in [0.25, 0.3) is 0 Å². The lowest BCUT2D eigenvalue weighted by Crippen LogP contribution is -2.30. The first-order valence-electron chi connectivity index (χ1n) is 5.38. The first kappa shape index (κ1) is 12.4. The van der Waals surface area contributed by atoms with Gasteiger partial charge in [-0.05, 0) is 23.8 Å². The van der Waals surface area contributed by atoms with Crippen molar-refractivity contribution in [2.24, 2.45) is 0 Å². The summed E-state index contributed by atoms with van der Waals surface area (Å²) >= 11 is 0. The maximum absolute atomic E-state index is 9.14. The fourth-order valence-corrected chi connectivity index (χ4v) is 1.65. The molecule has 0 saturated carbocycles. The Morgan fingerprint density at radius 2 is 2.06 bits per heavy atom. The summed E-state index contributed by atoms with van der Waals surface area (Å²) in [5, 5.41) is 18.3. The largest absolute Gasteiger partial charge is 0.497 e. The Morgan fingerprint density at radius 3 is 2.72 bits per heavy atom. The molecule has 18 heavy (non-hydrogen) atoms. The van der Waals surface area contributed by atoms with E-state index in [2.05, 4.69) is 4.98 Å². The third-order valence-corrected chi connectivity index (χ3v) is 2.62. The van der Waals surface area contributed by atoms with E-state index in [1.54, 1.807) is 19.2 Å². The second kappa shape index (κ2) is 5.08. The Morgan fingerprint density at radius 1 is 1.28 bits per heavy atom. The number of methoxy groups -OCH3 is 1. The van der Waals surface area contributed by atoms with Crippen LogP contribution < -0.4 is 15.9 Å². The van der Waals surface area contributed by atoms with Gasteiger partial charge in [0.2, 0.25) is 0 Å². The monoisotopic (exact) mass is 244 g/mol. The molecule has 1 heterocycles. The van der Waals surface area contributed by atoms with Crippen molar-refractivity contribution in [2.45, 2.75) is 0 Å². The molecule has 0 aliphatic heterocycles. The standard InChI is InChI=1S/C12H13BN2O3/c1-18-10-4-2-3-8(5-10)11-6-9(13(16)17)7-15-12(11)14/h2-7,16-17H,1H3,(H2,14,15). The van der Waals surface area contributed by atoms with E-state index in [-0.39, 0.29) is 0 Å². The SMILES string of the molecule is COc1cccc(-c2cc(B(O)O)cnc2N)c1. The first-order valence-corrected chi connectivity index (χ1v) is 5.38. The number of nitrogen functional groups attached to an aromatic ring is 1. The van der Waals surface area contributed by atoms with Crippen LogP contribution in [0.2, 0.25) is 0 Å². The lowest BCUT2D eigenvalue weighted by atomic mass is 9.80. The number of nitrogens with two attached hydrogens (primary N) is 1. The van der Waals surface area contributed by atoms with Crippen LogP contribution in [0.5, 0.6) is 5.75 Å². The molecule has 0 aliphatic rings. The van der Waals surface area contributed by atoms with Crippen LogP contribution in [0.15, 0.2) is 36.5 Å². The van der Waals surface area contributed by atoms with Crippen molar-refractivity contribution < 1.29 is 14.8 Å². The van der Waals surface area contributed by atoms with E-state index in [0.29, 0.717) is 22.6 Å². The van der Waals surface area contributed by atoms with E-state index in [1.807, 2.05) is 18.2 Å². The molecular formula is C12H13BN2O3. The van der Waals surface area contributed by atoms with Crippen LogP contribution in [0.25, 0.3) is 11.1 Å². The van der Waals surface area contributed by atoms with Crippen molar-refractivity contribution in [3.05, 3.63) is 36.5 Å². The van der Waals surface area contributed by atoms with E-state index >= 15 is 0 Å². The van der Waals surface area contributed by atoms with Gasteiger partial charge in [0.05, 0.1) is 7.11 Å². The first-order chi connectivity index (χ1) is 8.61. The maximum Gasteiger partial charge on any atom is 0.490 e. The van der Waals surface area contributed by atoms with Gasteiger partial charge in [-0.2, -0.15) is 0 Å². The van der Waals surface area contributed by atoms with Crippen LogP contribution >= 0.6 is 0 Å². The third-order valence-electron chi connectivity index (χ3n) is 2.62. The van der Waals surface area contributed by atoms with Crippen molar-refractivity contribution in [1.29, 1.82) is 0 Å². The van der Waals surface area contributed by atoms with Gasteiger partial charge in [-0.3, -0.25) is 0 Å². The van der Waals surface area contributed by atoms with Gasteiger partial charge in [-0.25, -0.2) is 4.98 Å². The van der Waals surface area contributed by atoms with Crippen LogP contribution in [-0.2, 0) is 0 Å². The molecule has 1 aromatic heterocycles. The summed E-state index contributed by atoms with van der Waals surface area (Å²) in [6, 6.07) is 8.90. The molecule has 0 saturated heterocycles. The molecule has 0 radical (unpaired) electrons. The number of hydrogen-bond acceptors (Lipinski definition) is 5.